The molecule has 0 aliphatic heterocycles. The first-order valence-corrected chi connectivity index (χ1v) is 12.9. The van der Waals surface area contributed by atoms with Crippen molar-refractivity contribution in [1.82, 2.24) is 0 Å². The summed E-state index contributed by atoms with van der Waals surface area (Å²) in [5, 5.41) is 0. The molecule has 0 bridgehead atoms. The van der Waals surface area contributed by atoms with Gasteiger partial charge in [0.05, 0.1) is 5.92 Å². The standard InChI is InChI=1S/C28H42O2/c1-3-21-6-10-23(11-7-21)25-16-18-27(19-17-25)30-28(29)26-14-12-24(13-15-26)22-8-4-20(2)5-9-22/h16-24,26H,3-15H2,1-2H3. The third-order valence-electron chi connectivity index (χ3n) is 8.83. The number of hydrogen-bond donors (Lipinski definition) is 0. The lowest BCUT2D eigenvalue weighted by molar-refractivity contribution is -0.140. The van der Waals surface area contributed by atoms with Crippen LogP contribution >= 0.6 is 0 Å². The van der Waals surface area contributed by atoms with E-state index in [0.29, 0.717) is 5.92 Å². The number of carbonyl (C=O) groups is 1. The van der Waals surface area contributed by atoms with Crippen LogP contribution in [0.1, 0.15) is 109 Å². The van der Waals surface area contributed by atoms with Gasteiger partial charge in [0.15, 0.2) is 0 Å². The van der Waals surface area contributed by atoms with Gasteiger partial charge < -0.3 is 4.74 Å². The summed E-state index contributed by atoms with van der Waals surface area (Å²) in [5.74, 6) is 5.14. The SMILES string of the molecule is CCC1CCC(c2ccc(OC(=O)C3CCC(C4CCC(C)CC4)CC3)cc2)CC1. The minimum Gasteiger partial charge on any atom is -0.426 e. The Kier molecular flexibility index (Phi) is 7.55. The molecule has 1 aromatic carbocycles. The van der Waals surface area contributed by atoms with Crippen molar-refractivity contribution in [3.05, 3.63) is 29.8 Å². The second-order valence-electron chi connectivity index (χ2n) is 10.7. The number of benzene rings is 1. The van der Waals surface area contributed by atoms with Crippen LogP contribution in [-0.2, 0) is 4.79 Å². The van der Waals surface area contributed by atoms with Crippen molar-refractivity contribution in [1.29, 1.82) is 0 Å². The number of ether oxygens (including phenoxy) is 1. The Morgan fingerprint density at radius 3 is 1.93 bits per heavy atom. The van der Waals surface area contributed by atoms with Gasteiger partial charge in [-0.1, -0.05) is 45.2 Å². The minimum absolute atomic E-state index is 0.00178. The third kappa shape index (κ3) is 5.48. The quantitative estimate of drug-likeness (QED) is 0.364. The molecule has 0 atom stereocenters. The summed E-state index contributed by atoms with van der Waals surface area (Å²) in [6, 6.07) is 8.43. The smallest absolute Gasteiger partial charge is 0.314 e. The molecule has 2 nitrogen and oxygen atoms in total. The monoisotopic (exact) mass is 410 g/mol. The highest BCUT2D eigenvalue weighted by Gasteiger charge is 2.33. The van der Waals surface area contributed by atoms with Crippen LogP contribution in [0.15, 0.2) is 24.3 Å². The van der Waals surface area contributed by atoms with E-state index in [1.807, 2.05) is 12.1 Å². The van der Waals surface area contributed by atoms with Crippen LogP contribution in [0.5, 0.6) is 5.75 Å². The molecule has 0 N–H and O–H groups in total. The van der Waals surface area contributed by atoms with Gasteiger partial charge in [0.1, 0.15) is 5.75 Å². The zero-order chi connectivity index (χ0) is 20.9. The molecule has 2 heteroatoms. The van der Waals surface area contributed by atoms with Gasteiger partial charge in [-0.05, 0) is 111 Å². The summed E-state index contributed by atoms with van der Waals surface area (Å²) >= 11 is 0. The van der Waals surface area contributed by atoms with Gasteiger partial charge in [0.2, 0.25) is 0 Å². The van der Waals surface area contributed by atoms with E-state index >= 15 is 0 Å². The van der Waals surface area contributed by atoms with Gasteiger partial charge in [0.25, 0.3) is 0 Å². The van der Waals surface area contributed by atoms with Crippen LogP contribution in [0.3, 0.4) is 0 Å². The second kappa shape index (κ2) is 10.3. The van der Waals surface area contributed by atoms with Crippen LogP contribution in [0.4, 0.5) is 0 Å². The molecule has 0 saturated heterocycles. The fourth-order valence-electron chi connectivity index (χ4n) is 6.50. The number of rotatable bonds is 5. The van der Waals surface area contributed by atoms with E-state index in [1.54, 1.807) is 0 Å². The van der Waals surface area contributed by atoms with Crippen LogP contribution < -0.4 is 4.74 Å². The van der Waals surface area contributed by atoms with Gasteiger partial charge in [0, 0.05) is 0 Å². The largest absolute Gasteiger partial charge is 0.426 e. The van der Waals surface area contributed by atoms with E-state index in [0.717, 1.165) is 42.3 Å². The third-order valence-corrected chi connectivity index (χ3v) is 8.83. The zero-order valence-corrected chi connectivity index (χ0v) is 19.3. The Bertz CT molecular complexity index is 654. The molecule has 3 fully saturated rings. The maximum absolute atomic E-state index is 12.7. The van der Waals surface area contributed by atoms with E-state index in [4.69, 9.17) is 4.74 Å². The van der Waals surface area contributed by atoms with Crippen molar-refractivity contribution in [3.8, 4) is 5.75 Å². The first kappa shape index (κ1) is 21.9. The summed E-state index contributed by atoms with van der Waals surface area (Å²) in [5.41, 5.74) is 1.42. The maximum atomic E-state index is 12.7. The molecule has 0 spiro atoms. The van der Waals surface area contributed by atoms with Crippen LogP contribution in [0.25, 0.3) is 0 Å². The lowest BCUT2D eigenvalue weighted by Gasteiger charge is -2.36. The topological polar surface area (TPSA) is 26.3 Å². The molecule has 1 aromatic rings. The molecule has 0 heterocycles. The molecule has 0 radical (unpaired) electrons. The number of carbonyl (C=O) groups excluding carboxylic acids is 1. The Morgan fingerprint density at radius 2 is 1.37 bits per heavy atom. The van der Waals surface area contributed by atoms with Crippen molar-refractivity contribution in [2.45, 2.75) is 103 Å². The predicted molar refractivity (Wildman–Crippen MR) is 124 cm³/mol. The van der Waals surface area contributed by atoms with Crippen molar-refractivity contribution in [3.63, 3.8) is 0 Å². The normalized spacial score (nSPS) is 35.0. The fourth-order valence-corrected chi connectivity index (χ4v) is 6.50. The number of esters is 1. The van der Waals surface area contributed by atoms with Gasteiger partial charge >= 0.3 is 5.97 Å². The molecule has 3 aliphatic rings. The summed E-state index contributed by atoms with van der Waals surface area (Å²) < 4.78 is 5.79. The highest BCUT2D eigenvalue weighted by atomic mass is 16.5. The van der Waals surface area contributed by atoms with Crippen LogP contribution in [0, 0.1) is 29.6 Å². The summed E-state index contributed by atoms with van der Waals surface area (Å²) in [4.78, 5) is 12.7. The molecule has 4 rings (SSSR count). The van der Waals surface area contributed by atoms with Crippen molar-refractivity contribution >= 4 is 5.97 Å². The van der Waals surface area contributed by atoms with Crippen molar-refractivity contribution in [2.75, 3.05) is 0 Å². The van der Waals surface area contributed by atoms with Crippen LogP contribution in [-0.4, -0.2) is 5.97 Å². The highest BCUT2D eigenvalue weighted by Crippen LogP contribution is 2.42. The van der Waals surface area contributed by atoms with E-state index in [2.05, 4.69) is 26.0 Å². The van der Waals surface area contributed by atoms with Gasteiger partial charge in [-0.15, -0.1) is 0 Å². The van der Waals surface area contributed by atoms with Crippen LogP contribution in [0.2, 0.25) is 0 Å². The average molecular weight is 411 g/mol. The summed E-state index contributed by atoms with van der Waals surface area (Å²) in [6.07, 6.45) is 16.8. The fraction of sp³-hybridized carbons (Fsp3) is 0.750. The Hall–Kier alpha value is -1.31. The Balaban J connectivity index is 1.22. The van der Waals surface area contributed by atoms with E-state index in [9.17, 15) is 4.79 Å². The molecule has 3 saturated carbocycles. The molecular formula is C28H42O2. The predicted octanol–water partition coefficient (Wildman–Crippen LogP) is 7.91. The molecule has 0 amide bonds. The average Bonchev–Trinajstić information content (AvgIpc) is 2.80. The van der Waals surface area contributed by atoms with E-state index in [-0.39, 0.29) is 11.9 Å². The molecule has 30 heavy (non-hydrogen) atoms. The van der Waals surface area contributed by atoms with E-state index < -0.39 is 0 Å². The maximum Gasteiger partial charge on any atom is 0.314 e. The lowest BCUT2D eigenvalue weighted by atomic mass is 9.69. The molecule has 166 valence electrons. The molecule has 3 aliphatic carbocycles. The molecular weight excluding hydrogens is 368 g/mol. The van der Waals surface area contributed by atoms with Crippen molar-refractivity contribution in [2.24, 2.45) is 29.6 Å². The minimum atomic E-state index is 0.00178. The molecule has 0 aromatic heterocycles. The second-order valence-corrected chi connectivity index (χ2v) is 10.7. The lowest BCUT2D eigenvalue weighted by Crippen LogP contribution is -2.29. The van der Waals surface area contributed by atoms with Gasteiger partial charge in [-0.25, -0.2) is 0 Å². The first-order chi connectivity index (χ1) is 14.6. The highest BCUT2D eigenvalue weighted by molar-refractivity contribution is 5.75. The zero-order valence-electron chi connectivity index (χ0n) is 19.3. The van der Waals surface area contributed by atoms with Crippen molar-refractivity contribution < 1.29 is 9.53 Å². The summed E-state index contributed by atoms with van der Waals surface area (Å²) in [7, 11) is 0. The van der Waals surface area contributed by atoms with Gasteiger partial charge in [-0.3, -0.25) is 4.79 Å². The number of hydrogen-bond acceptors (Lipinski definition) is 2. The van der Waals surface area contributed by atoms with Gasteiger partial charge in [-0.2, -0.15) is 0 Å². The van der Waals surface area contributed by atoms with E-state index in [1.165, 1.54) is 76.2 Å². The first-order valence-electron chi connectivity index (χ1n) is 12.9. The Labute approximate surface area is 184 Å². The molecule has 0 unspecified atom stereocenters. The summed E-state index contributed by atoms with van der Waals surface area (Å²) in [6.45, 7) is 4.71. The Morgan fingerprint density at radius 1 is 0.800 bits per heavy atom.